The van der Waals surface area contributed by atoms with Gasteiger partial charge in [-0.1, -0.05) is 20.3 Å². The Morgan fingerprint density at radius 2 is 1.95 bits per heavy atom. The molecule has 7 heteroatoms. The van der Waals surface area contributed by atoms with Gasteiger partial charge in [0.2, 0.25) is 10.0 Å². The summed E-state index contributed by atoms with van der Waals surface area (Å²) in [6.07, 6.45) is 1.98. The number of nitrogens with one attached hydrogen (secondary N) is 1. The molecule has 0 saturated heterocycles. The van der Waals surface area contributed by atoms with Crippen molar-refractivity contribution in [1.82, 2.24) is 4.72 Å². The molecule has 0 saturated carbocycles. The maximum atomic E-state index is 13.6. The van der Waals surface area contributed by atoms with Crippen LogP contribution in [-0.2, 0) is 10.0 Å². The Morgan fingerprint density at radius 3 is 2.47 bits per heavy atom. The van der Waals surface area contributed by atoms with E-state index in [4.69, 9.17) is 5.73 Å². The molecule has 1 aromatic rings. The summed E-state index contributed by atoms with van der Waals surface area (Å²) in [5, 5.41) is 0. The third-order valence-electron chi connectivity index (χ3n) is 2.76. The van der Waals surface area contributed by atoms with Crippen LogP contribution in [0, 0.1) is 11.6 Å². The summed E-state index contributed by atoms with van der Waals surface area (Å²) in [5.74, 6) is -2.68. The zero-order valence-corrected chi connectivity index (χ0v) is 11.7. The van der Waals surface area contributed by atoms with E-state index in [-0.39, 0.29) is 11.7 Å². The third kappa shape index (κ3) is 3.87. The van der Waals surface area contributed by atoms with Crippen molar-refractivity contribution in [2.24, 2.45) is 0 Å². The van der Waals surface area contributed by atoms with Gasteiger partial charge in [0.1, 0.15) is 4.90 Å². The molecule has 0 amide bonds. The topological polar surface area (TPSA) is 72.2 Å². The van der Waals surface area contributed by atoms with E-state index in [9.17, 15) is 17.2 Å². The van der Waals surface area contributed by atoms with Gasteiger partial charge in [-0.05, 0) is 25.0 Å². The number of nitrogens with two attached hydrogens (primary N) is 1. The van der Waals surface area contributed by atoms with Gasteiger partial charge in [0.05, 0.1) is 0 Å². The van der Waals surface area contributed by atoms with Crippen LogP contribution >= 0.6 is 0 Å². The Morgan fingerprint density at radius 1 is 1.32 bits per heavy atom. The molecule has 1 unspecified atom stereocenters. The highest BCUT2D eigenvalue weighted by Gasteiger charge is 2.24. The molecule has 0 aliphatic carbocycles. The fraction of sp³-hybridized carbons (Fsp3) is 0.500. The second kappa shape index (κ2) is 6.29. The first-order valence-electron chi connectivity index (χ1n) is 6.08. The lowest BCUT2D eigenvalue weighted by Gasteiger charge is -2.16. The smallest absolute Gasteiger partial charge is 0.243 e. The van der Waals surface area contributed by atoms with E-state index in [0.29, 0.717) is 12.8 Å². The standard InChI is InChI=1S/C12H18F2N2O2S/c1-3-5-9(4-2)16-19(17,18)11-7-8(15)6-10(13)12(11)14/h6-7,9,16H,3-5,15H2,1-2H3. The Kier molecular flexibility index (Phi) is 5.25. The fourth-order valence-electron chi connectivity index (χ4n) is 1.76. The molecule has 4 nitrogen and oxygen atoms in total. The monoisotopic (exact) mass is 292 g/mol. The molecule has 108 valence electrons. The quantitative estimate of drug-likeness (QED) is 0.791. The minimum Gasteiger partial charge on any atom is -0.399 e. The van der Waals surface area contributed by atoms with Crippen LogP contribution in [-0.4, -0.2) is 14.5 Å². The first-order chi connectivity index (χ1) is 8.81. The molecule has 3 N–H and O–H groups in total. The first kappa shape index (κ1) is 15.8. The Labute approximate surface area is 112 Å². The summed E-state index contributed by atoms with van der Waals surface area (Å²) in [6.45, 7) is 3.73. The largest absolute Gasteiger partial charge is 0.399 e. The molecule has 0 aliphatic rings. The van der Waals surface area contributed by atoms with Gasteiger partial charge in [0, 0.05) is 11.7 Å². The lowest BCUT2D eigenvalue weighted by atomic mass is 10.1. The average Bonchev–Trinajstić information content (AvgIpc) is 2.32. The summed E-state index contributed by atoms with van der Waals surface area (Å²) in [4.78, 5) is -0.750. The van der Waals surface area contributed by atoms with Gasteiger partial charge in [0.15, 0.2) is 11.6 Å². The van der Waals surface area contributed by atoms with Crippen LogP contribution < -0.4 is 10.5 Å². The molecule has 1 atom stereocenters. The number of nitrogen functional groups attached to an aromatic ring is 1. The number of anilines is 1. The Balaban J connectivity index is 3.13. The molecule has 0 radical (unpaired) electrons. The van der Waals surface area contributed by atoms with Crippen LogP contribution in [0.1, 0.15) is 33.1 Å². The Bertz CT molecular complexity index is 547. The molecule has 19 heavy (non-hydrogen) atoms. The summed E-state index contributed by atoms with van der Waals surface area (Å²) in [6, 6.07) is 1.36. The summed E-state index contributed by atoms with van der Waals surface area (Å²) in [7, 11) is -4.11. The minimum absolute atomic E-state index is 0.136. The second-order valence-corrected chi connectivity index (χ2v) is 6.01. The van der Waals surface area contributed by atoms with Gasteiger partial charge in [-0.2, -0.15) is 0 Å². The van der Waals surface area contributed by atoms with E-state index in [2.05, 4.69) is 4.72 Å². The zero-order valence-electron chi connectivity index (χ0n) is 10.9. The minimum atomic E-state index is -4.11. The van der Waals surface area contributed by atoms with Gasteiger partial charge >= 0.3 is 0 Å². The molecule has 1 aromatic carbocycles. The summed E-state index contributed by atoms with van der Waals surface area (Å²) in [5.41, 5.74) is 5.21. The maximum Gasteiger partial charge on any atom is 0.243 e. The van der Waals surface area contributed by atoms with Crippen LogP contribution in [0.3, 0.4) is 0 Å². The van der Waals surface area contributed by atoms with Gasteiger partial charge in [-0.15, -0.1) is 0 Å². The van der Waals surface area contributed by atoms with E-state index >= 15 is 0 Å². The van der Waals surface area contributed by atoms with Crippen LogP contribution in [0.4, 0.5) is 14.5 Å². The van der Waals surface area contributed by atoms with E-state index in [1.54, 1.807) is 0 Å². The van der Waals surface area contributed by atoms with Crippen molar-refractivity contribution in [3.05, 3.63) is 23.8 Å². The van der Waals surface area contributed by atoms with Crippen molar-refractivity contribution < 1.29 is 17.2 Å². The molecular formula is C12H18F2N2O2S. The van der Waals surface area contributed by atoms with E-state index in [1.807, 2.05) is 13.8 Å². The van der Waals surface area contributed by atoms with Crippen LogP contribution in [0.25, 0.3) is 0 Å². The van der Waals surface area contributed by atoms with Crippen molar-refractivity contribution in [2.45, 2.75) is 44.0 Å². The predicted molar refractivity (Wildman–Crippen MR) is 70.1 cm³/mol. The average molecular weight is 292 g/mol. The van der Waals surface area contributed by atoms with Gasteiger partial charge in [0.25, 0.3) is 0 Å². The number of halogens is 2. The SMILES string of the molecule is CCCC(CC)NS(=O)(=O)c1cc(N)cc(F)c1F. The van der Waals surface area contributed by atoms with E-state index in [0.717, 1.165) is 18.6 Å². The lowest BCUT2D eigenvalue weighted by molar-refractivity contribution is 0.476. The van der Waals surface area contributed by atoms with Crippen molar-refractivity contribution in [3.63, 3.8) is 0 Å². The third-order valence-corrected chi connectivity index (χ3v) is 4.28. The van der Waals surface area contributed by atoms with Gasteiger partial charge < -0.3 is 5.73 Å². The number of sulfonamides is 1. The number of hydrogen-bond acceptors (Lipinski definition) is 3. The van der Waals surface area contributed by atoms with E-state index < -0.39 is 26.6 Å². The molecule has 0 aromatic heterocycles. The highest BCUT2D eigenvalue weighted by atomic mass is 32.2. The highest BCUT2D eigenvalue weighted by molar-refractivity contribution is 7.89. The molecule has 0 bridgehead atoms. The molecular weight excluding hydrogens is 274 g/mol. The molecule has 0 fully saturated rings. The van der Waals surface area contributed by atoms with Gasteiger partial charge in [-0.25, -0.2) is 21.9 Å². The zero-order chi connectivity index (χ0) is 14.6. The van der Waals surface area contributed by atoms with Crippen molar-refractivity contribution >= 4 is 15.7 Å². The van der Waals surface area contributed by atoms with Crippen LogP contribution in [0.15, 0.2) is 17.0 Å². The number of rotatable bonds is 6. The number of benzene rings is 1. The first-order valence-corrected chi connectivity index (χ1v) is 7.57. The number of hydrogen-bond donors (Lipinski definition) is 2. The Hall–Kier alpha value is -1.21. The normalized spacial score (nSPS) is 13.5. The van der Waals surface area contributed by atoms with Crippen LogP contribution in [0.2, 0.25) is 0 Å². The van der Waals surface area contributed by atoms with Crippen molar-refractivity contribution in [2.75, 3.05) is 5.73 Å². The van der Waals surface area contributed by atoms with Gasteiger partial charge in [-0.3, -0.25) is 0 Å². The van der Waals surface area contributed by atoms with Crippen molar-refractivity contribution in [1.29, 1.82) is 0 Å². The van der Waals surface area contributed by atoms with Crippen molar-refractivity contribution in [3.8, 4) is 0 Å². The van der Waals surface area contributed by atoms with Crippen LogP contribution in [0.5, 0.6) is 0 Å². The molecule has 0 aliphatic heterocycles. The maximum absolute atomic E-state index is 13.6. The summed E-state index contributed by atoms with van der Waals surface area (Å²) < 4.78 is 53.2. The second-order valence-electron chi connectivity index (χ2n) is 4.33. The molecule has 0 heterocycles. The molecule has 1 rings (SSSR count). The van der Waals surface area contributed by atoms with E-state index in [1.165, 1.54) is 0 Å². The molecule has 0 spiro atoms. The summed E-state index contributed by atoms with van der Waals surface area (Å²) >= 11 is 0. The fourth-order valence-corrected chi connectivity index (χ4v) is 3.23. The lowest BCUT2D eigenvalue weighted by Crippen LogP contribution is -2.34. The predicted octanol–water partition coefficient (Wildman–Crippen LogP) is 2.40. The highest BCUT2D eigenvalue weighted by Crippen LogP contribution is 2.21.